The third-order valence-electron chi connectivity index (χ3n) is 5.34. The van der Waals surface area contributed by atoms with E-state index in [2.05, 4.69) is 5.32 Å². The topological polar surface area (TPSA) is 105 Å². The number of carbonyl (C=O) groups excluding carboxylic acids is 2. The summed E-state index contributed by atoms with van der Waals surface area (Å²) in [5.41, 5.74) is -1.32. The van der Waals surface area contributed by atoms with Crippen LogP contribution in [0.5, 0.6) is 5.75 Å². The average molecular weight is 390 g/mol. The van der Waals surface area contributed by atoms with Crippen molar-refractivity contribution in [1.82, 2.24) is 10.2 Å². The number of hydrogen-bond donors (Lipinski definition) is 2. The number of rotatable bonds is 7. The Hall–Kier alpha value is -2.61. The highest BCUT2D eigenvalue weighted by Crippen LogP contribution is 2.23. The number of carboxylic acids is 1. The monoisotopic (exact) mass is 390 g/mol. The van der Waals surface area contributed by atoms with Crippen LogP contribution in [-0.4, -0.2) is 66.2 Å². The van der Waals surface area contributed by atoms with E-state index in [1.54, 1.807) is 4.90 Å². The van der Waals surface area contributed by atoms with Crippen molar-refractivity contribution in [2.45, 2.75) is 31.2 Å². The van der Waals surface area contributed by atoms with E-state index in [9.17, 15) is 19.5 Å². The molecule has 0 aliphatic carbocycles. The summed E-state index contributed by atoms with van der Waals surface area (Å²) in [7, 11) is 0. The molecular weight excluding hydrogens is 364 g/mol. The highest BCUT2D eigenvalue weighted by molar-refractivity contribution is 5.88. The molecule has 2 amide bonds. The molecule has 1 aromatic carbocycles. The second-order valence-electron chi connectivity index (χ2n) is 7.25. The van der Waals surface area contributed by atoms with Gasteiger partial charge in [0.25, 0.3) is 0 Å². The lowest BCUT2D eigenvalue weighted by atomic mass is 9.92. The predicted octanol–water partition coefficient (Wildman–Crippen LogP) is 1.05. The van der Waals surface area contributed by atoms with Gasteiger partial charge in [0.05, 0.1) is 19.6 Å². The van der Waals surface area contributed by atoms with Crippen molar-refractivity contribution in [2.75, 3.05) is 32.9 Å². The van der Waals surface area contributed by atoms with E-state index in [0.717, 1.165) is 5.75 Å². The Labute approximate surface area is 163 Å². The lowest BCUT2D eigenvalue weighted by Gasteiger charge is -2.33. The number of para-hydroxylation sites is 1. The third kappa shape index (κ3) is 4.81. The van der Waals surface area contributed by atoms with Crippen molar-refractivity contribution in [2.24, 2.45) is 5.92 Å². The van der Waals surface area contributed by atoms with Gasteiger partial charge in [-0.05, 0) is 25.0 Å². The SMILES string of the molecule is O=C(NC1(C(=O)O)CCOC1)C1CCN(C(=O)CCOc2ccccc2)CC1. The molecule has 1 unspecified atom stereocenters. The van der Waals surface area contributed by atoms with E-state index in [0.29, 0.717) is 39.1 Å². The fourth-order valence-corrected chi connectivity index (χ4v) is 3.55. The van der Waals surface area contributed by atoms with E-state index < -0.39 is 11.5 Å². The molecule has 1 aromatic rings. The van der Waals surface area contributed by atoms with E-state index in [-0.39, 0.29) is 37.2 Å². The van der Waals surface area contributed by atoms with Gasteiger partial charge in [-0.3, -0.25) is 9.59 Å². The smallest absolute Gasteiger partial charge is 0.331 e. The van der Waals surface area contributed by atoms with Crippen LogP contribution in [0.3, 0.4) is 0 Å². The van der Waals surface area contributed by atoms with Gasteiger partial charge < -0.3 is 24.8 Å². The Balaban J connectivity index is 1.41. The van der Waals surface area contributed by atoms with Crippen LogP contribution in [0.2, 0.25) is 0 Å². The van der Waals surface area contributed by atoms with Crippen LogP contribution in [0, 0.1) is 5.92 Å². The number of nitrogens with one attached hydrogen (secondary N) is 1. The van der Waals surface area contributed by atoms with Crippen molar-refractivity contribution < 1.29 is 29.0 Å². The number of hydrogen-bond acceptors (Lipinski definition) is 5. The number of piperidine rings is 1. The minimum absolute atomic E-state index is 0.000915. The number of carboxylic acid groups (broad SMARTS) is 1. The molecule has 2 heterocycles. The van der Waals surface area contributed by atoms with Gasteiger partial charge in [-0.15, -0.1) is 0 Å². The summed E-state index contributed by atoms with van der Waals surface area (Å²) in [6.45, 7) is 1.60. The zero-order valence-corrected chi connectivity index (χ0v) is 15.8. The number of nitrogens with zero attached hydrogens (tertiary/aromatic N) is 1. The third-order valence-corrected chi connectivity index (χ3v) is 5.34. The molecule has 28 heavy (non-hydrogen) atoms. The van der Waals surface area contributed by atoms with E-state index in [4.69, 9.17) is 9.47 Å². The quantitative estimate of drug-likeness (QED) is 0.721. The Morgan fingerprint density at radius 2 is 1.93 bits per heavy atom. The van der Waals surface area contributed by atoms with Crippen LogP contribution in [-0.2, 0) is 19.1 Å². The molecule has 0 saturated carbocycles. The Morgan fingerprint density at radius 1 is 1.21 bits per heavy atom. The second kappa shape index (κ2) is 9.05. The summed E-state index contributed by atoms with van der Waals surface area (Å²) < 4.78 is 10.7. The van der Waals surface area contributed by atoms with Crippen molar-refractivity contribution in [3.63, 3.8) is 0 Å². The molecule has 8 heteroatoms. The Kier molecular flexibility index (Phi) is 6.51. The van der Waals surface area contributed by atoms with Crippen LogP contribution in [0.15, 0.2) is 30.3 Å². The normalized spacial score (nSPS) is 22.6. The van der Waals surface area contributed by atoms with E-state index >= 15 is 0 Å². The van der Waals surface area contributed by atoms with Crippen molar-refractivity contribution in [1.29, 1.82) is 0 Å². The Morgan fingerprint density at radius 3 is 2.54 bits per heavy atom. The molecule has 0 bridgehead atoms. The van der Waals surface area contributed by atoms with Gasteiger partial charge in [-0.25, -0.2) is 4.79 Å². The van der Waals surface area contributed by atoms with Crippen molar-refractivity contribution >= 4 is 17.8 Å². The molecule has 0 aromatic heterocycles. The molecule has 152 valence electrons. The molecule has 8 nitrogen and oxygen atoms in total. The molecule has 2 N–H and O–H groups in total. The summed E-state index contributed by atoms with van der Waals surface area (Å²) in [4.78, 5) is 38.1. The minimum Gasteiger partial charge on any atom is -0.493 e. The van der Waals surface area contributed by atoms with Gasteiger partial charge in [0.1, 0.15) is 5.75 Å². The summed E-state index contributed by atoms with van der Waals surface area (Å²) in [6.07, 6.45) is 1.60. The van der Waals surface area contributed by atoms with E-state index in [1.807, 2.05) is 30.3 Å². The first-order chi connectivity index (χ1) is 13.5. The molecular formula is C20H26N2O6. The number of ether oxygens (including phenoxy) is 2. The average Bonchev–Trinajstić information content (AvgIpc) is 3.19. The molecule has 0 spiro atoms. The molecule has 2 aliphatic rings. The second-order valence-corrected chi connectivity index (χ2v) is 7.25. The lowest BCUT2D eigenvalue weighted by molar-refractivity contribution is -0.148. The van der Waals surface area contributed by atoms with Crippen LogP contribution in [0.1, 0.15) is 25.7 Å². The lowest BCUT2D eigenvalue weighted by Crippen LogP contribution is -2.57. The maximum absolute atomic E-state index is 12.5. The fourth-order valence-electron chi connectivity index (χ4n) is 3.55. The first-order valence-corrected chi connectivity index (χ1v) is 9.59. The van der Waals surface area contributed by atoms with Crippen molar-refractivity contribution in [3.8, 4) is 5.75 Å². The maximum Gasteiger partial charge on any atom is 0.331 e. The standard InChI is InChI=1S/C20H26N2O6/c23-17(8-12-28-16-4-2-1-3-5-16)22-10-6-15(7-11-22)18(24)21-20(19(25)26)9-13-27-14-20/h1-5,15H,6-14H2,(H,21,24)(H,25,26). The minimum atomic E-state index is -1.32. The first-order valence-electron chi connectivity index (χ1n) is 9.59. The number of carbonyl (C=O) groups is 3. The molecule has 2 fully saturated rings. The number of likely N-dealkylation sites (tertiary alicyclic amines) is 1. The van der Waals surface area contributed by atoms with Gasteiger partial charge in [0.15, 0.2) is 5.54 Å². The van der Waals surface area contributed by atoms with E-state index in [1.165, 1.54) is 0 Å². The number of aliphatic carboxylic acids is 1. The van der Waals surface area contributed by atoms with Crippen LogP contribution in [0.25, 0.3) is 0 Å². The molecule has 2 aliphatic heterocycles. The highest BCUT2D eigenvalue weighted by Gasteiger charge is 2.45. The fraction of sp³-hybridized carbons (Fsp3) is 0.550. The highest BCUT2D eigenvalue weighted by atomic mass is 16.5. The summed E-state index contributed by atoms with van der Waals surface area (Å²) in [5, 5.41) is 12.1. The zero-order valence-electron chi connectivity index (χ0n) is 15.8. The molecule has 1 atom stereocenters. The van der Waals surface area contributed by atoms with Gasteiger partial charge in [-0.2, -0.15) is 0 Å². The molecule has 3 rings (SSSR count). The summed E-state index contributed by atoms with van der Waals surface area (Å²) in [5.74, 6) is -0.895. The Bertz CT molecular complexity index is 694. The number of amides is 2. The maximum atomic E-state index is 12.5. The summed E-state index contributed by atoms with van der Waals surface area (Å²) >= 11 is 0. The largest absolute Gasteiger partial charge is 0.493 e. The predicted molar refractivity (Wildman–Crippen MR) is 99.8 cm³/mol. The van der Waals surface area contributed by atoms with Crippen molar-refractivity contribution in [3.05, 3.63) is 30.3 Å². The van der Waals surface area contributed by atoms with Crippen LogP contribution in [0.4, 0.5) is 0 Å². The molecule has 2 saturated heterocycles. The van der Waals surface area contributed by atoms with Crippen LogP contribution < -0.4 is 10.1 Å². The number of benzene rings is 1. The first kappa shape index (κ1) is 20.1. The van der Waals surface area contributed by atoms with Gasteiger partial charge in [0, 0.05) is 32.0 Å². The molecule has 0 radical (unpaired) electrons. The van der Waals surface area contributed by atoms with Gasteiger partial charge >= 0.3 is 5.97 Å². The van der Waals surface area contributed by atoms with Crippen LogP contribution >= 0.6 is 0 Å². The zero-order chi connectivity index (χ0) is 20.0. The summed E-state index contributed by atoms with van der Waals surface area (Å²) in [6, 6.07) is 9.33. The van der Waals surface area contributed by atoms with Gasteiger partial charge in [-0.1, -0.05) is 18.2 Å². The van der Waals surface area contributed by atoms with Gasteiger partial charge in [0.2, 0.25) is 11.8 Å².